The van der Waals surface area contributed by atoms with Crippen molar-refractivity contribution in [3.05, 3.63) is 35.5 Å². The predicted molar refractivity (Wildman–Crippen MR) is 86.1 cm³/mol. The van der Waals surface area contributed by atoms with Crippen LogP contribution in [0.15, 0.2) is 35.2 Å². The standard InChI is InChI=1S/C15H19ClN2O2S/c1-5-15(2,3)18(4)21(19,20)12-7-8-13-11(10-12)6-9-14(16)17-13/h6-10H,5H2,1-4H3. The van der Waals surface area contributed by atoms with Crippen LogP contribution >= 0.6 is 11.6 Å². The summed E-state index contributed by atoms with van der Waals surface area (Å²) < 4.78 is 26.9. The Morgan fingerprint density at radius 2 is 1.90 bits per heavy atom. The van der Waals surface area contributed by atoms with E-state index in [1.54, 1.807) is 37.4 Å². The summed E-state index contributed by atoms with van der Waals surface area (Å²) in [5.74, 6) is 0. The molecule has 4 nitrogen and oxygen atoms in total. The summed E-state index contributed by atoms with van der Waals surface area (Å²) in [7, 11) is -1.92. The van der Waals surface area contributed by atoms with Crippen LogP contribution in [0.25, 0.3) is 10.9 Å². The summed E-state index contributed by atoms with van der Waals surface area (Å²) in [5.41, 5.74) is 0.241. The fourth-order valence-electron chi connectivity index (χ4n) is 1.95. The molecule has 2 aromatic rings. The van der Waals surface area contributed by atoms with Gasteiger partial charge in [0, 0.05) is 18.0 Å². The summed E-state index contributed by atoms with van der Waals surface area (Å²) in [4.78, 5) is 4.43. The molecule has 0 saturated carbocycles. The lowest BCUT2D eigenvalue weighted by molar-refractivity contribution is 0.257. The molecule has 1 aromatic carbocycles. The third-order valence-electron chi connectivity index (χ3n) is 4.00. The first kappa shape index (κ1) is 16.2. The fraction of sp³-hybridized carbons (Fsp3) is 0.400. The van der Waals surface area contributed by atoms with Gasteiger partial charge in [-0.3, -0.25) is 0 Å². The van der Waals surface area contributed by atoms with E-state index in [-0.39, 0.29) is 4.90 Å². The van der Waals surface area contributed by atoms with Crippen LogP contribution in [0.3, 0.4) is 0 Å². The van der Waals surface area contributed by atoms with E-state index < -0.39 is 15.6 Å². The summed E-state index contributed by atoms with van der Waals surface area (Å²) in [6.45, 7) is 5.79. The number of benzene rings is 1. The van der Waals surface area contributed by atoms with Crippen molar-refractivity contribution in [1.29, 1.82) is 0 Å². The van der Waals surface area contributed by atoms with Gasteiger partial charge in [0.05, 0.1) is 10.4 Å². The average Bonchev–Trinajstić information content (AvgIpc) is 2.45. The van der Waals surface area contributed by atoms with Gasteiger partial charge >= 0.3 is 0 Å². The minimum Gasteiger partial charge on any atom is -0.236 e. The van der Waals surface area contributed by atoms with E-state index >= 15 is 0 Å². The molecule has 0 unspecified atom stereocenters. The summed E-state index contributed by atoms with van der Waals surface area (Å²) in [5, 5.41) is 1.14. The quantitative estimate of drug-likeness (QED) is 0.805. The molecule has 0 aliphatic heterocycles. The van der Waals surface area contributed by atoms with Crippen LogP contribution in [0.2, 0.25) is 5.15 Å². The van der Waals surface area contributed by atoms with Crippen LogP contribution in [0, 0.1) is 0 Å². The summed E-state index contributed by atoms with van der Waals surface area (Å²) >= 11 is 5.84. The maximum absolute atomic E-state index is 12.7. The van der Waals surface area contributed by atoms with E-state index in [4.69, 9.17) is 11.6 Å². The zero-order valence-electron chi connectivity index (χ0n) is 12.6. The van der Waals surface area contributed by atoms with Gasteiger partial charge in [-0.15, -0.1) is 0 Å². The number of hydrogen-bond donors (Lipinski definition) is 0. The Labute approximate surface area is 130 Å². The number of pyridine rings is 1. The van der Waals surface area contributed by atoms with Crippen LogP contribution in [0.5, 0.6) is 0 Å². The number of halogens is 1. The topological polar surface area (TPSA) is 50.3 Å². The monoisotopic (exact) mass is 326 g/mol. The molecule has 2 rings (SSSR count). The number of fused-ring (bicyclic) bond motifs is 1. The van der Waals surface area contributed by atoms with E-state index in [1.165, 1.54) is 4.31 Å². The molecule has 0 N–H and O–H groups in total. The maximum atomic E-state index is 12.7. The predicted octanol–water partition coefficient (Wildman–Crippen LogP) is 3.70. The van der Waals surface area contributed by atoms with Crippen LogP contribution in [-0.2, 0) is 10.0 Å². The Kier molecular flexibility index (Phi) is 4.29. The molecule has 0 spiro atoms. The highest BCUT2D eigenvalue weighted by Crippen LogP contribution is 2.27. The minimum absolute atomic E-state index is 0.267. The number of aromatic nitrogens is 1. The van der Waals surface area contributed by atoms with Crippen LogP contribution in [-0.4, -0.2) is 30.3 Å². The second-order valence-electron chi connectivity index (χ2n) is 5.63. The molecule has 0 saturated heterocycles. The molecule has 114 valence electrons. The van der Waals surface area contributed by atoms with E-state index in [0.717, 1.165) is 11.8 Å². The van der Waals surface area contributed by atoms with Gasteiger partial charge in [-0.25, -0.2) is 13.4 Å². The van der Waals surface area contributed by atoms with Gasteiger partial charge in [0.2, 0.25) is 10.0 Å². The third-order valence-corrected chi connectivity index (χ3v) is 6.28. The van der Waals surface area contributed by atoms with Crippen molar-refractivity contribution in [2.24, 2.45) is 0 Å². The SMILES string of the molecule is CCC(C)(C)N(C)S(=O)(=O)c1ccc2nc(Cl)ccc2c1. The highest BCUT2D eigenvalue weighted by Gasteiger charge is 2.32. The summed E-state index contributed by atoms with van der Waals surface area (Å²) in [6.07, 6.45) is 0.730. The van der Waals surface area contributed by atoms with Gasteiger partial charge in [0.1, 0.15) is 5.15 Å². The smallest absolute Gasteiger partial charge is 0.236 e. The molecule has 0 fully saturated rings. The summed E-state index contributed by atoms with van der Waals surface area (Å²) in [6, 6.07) is 8.31. The fourth-order valence-corrected chi connectivity index (χ4v) is 3.71. The van der Waals surface area contributed by atoms with E-state index in [9.17, 15) is 8.42 Å². The van der Waals surface area contributed by atoms with Crippen LogP contribution in [0.1, 0.15) is 27.2 Å². The van der Waals surface area contributed by atoms with Gasteiger partial charge in [0.15, 0.2) is 0 Å². The van der Waals surface area contributed by atoms with Crippen molar-refractivity contribution in [2.45, 2.75) is 37.6 Å². The van der Waals surface area contributed by atoms with Crippen molar-refractivity contribution in [2.75, 3.05) is 7.05 Å². The second-order valence-corrected chi connectivity index (χ2v) is 7.98. The lowest BCUT2D eigenvalue weighted by atomic mass is 10.0. The second kappa shape index (κ2) is 5.55. The van der Waals surface area contributed by atoms with Crippen molar-refractivity contribution >= 4 is 32.5 Å². The number of hydrogen-bond acceptors (Lipinski definition) is 3. The molecule has 0 amide bonds. The van der Waals surface area contributed by atoms with Crippen molar-refractivity contribution in [3.63, 3.8) is 0 Å². The van der Waals surface area contributed by atoms with E-state index in [2.05, 4.69) is 4.98 Å². The van der Waals surface area contributed by atoms with Gasteiger partial charge in [0.25, 0.3) is 0 Å². The van der Waals surface area contributed by atoms with Gasteiger partial charge < -0.3 is 0 Å². The zero-order valence-corrected chi connectivity index (χ0v) is 14.2. The van der Waals surface area contributed by atoms with Crippen LogP contribution < -0.4 is 0 Å². The normalized spacial score (nSPS) is 13.0. The molecule has 1 aromatic heterocycles. The zero-order chi connectivity index (χ0) is 15.8. The average molecular weight is 327 g/mol. The van der Waals surface area contributed by atoms with Gasteiger partial charge in [-0.2, -0.15) is 4.31 Å². The maximum Gasteiger partial charge on any atom is 0.243 e. The minimum atomic E-state index is -3.54. The molecule has 0 aliphatic rings. The highest BCUT2D eigenvalue weighted by molar-refractivity contribution is 7.89. The Hall–Kier alpha value is -1.17. The highest BCUT2D eigenvalue weighted by atomic mass is 35.5. The number of nitrogens with zero attached hydrogens (tertiary/aromatic N) is 2. The lowest BCUT2D eigenvalue weighted by Crippen LogP contribution is -2.44. The van der Waals surface area contributed by atoms with Crippen molar-refractivity contribution in [3.8, 4) is 0 Å². The molecule has 0 atom stereocenters. The van der Waals surface area contributed by atoms with Gasteiger partial charge in [-0.1, -0.05) is 18.5 Å². The van der Waals surface area contributed by atoms with Crippen molar-refractivity contribution < 1.29 is 8.42 Å². The molecular weight excluding hydrogens is 308 g/mol. The first-order valence-electron chi connectivity index (χ1n) is 6.74. The molecular formula is C15H19ClN2O2S. The Morgan fingerprint density at radius 3 is 2.52 bits per heavy atom. The molecule has 0 bridgehead atoms. The Morgan fingerprint density at radius 1 is 1.24 bits per heavy atom. The lowest BCUT2D eigenvalue weighted by Gasteiger charge is -2.33. The first-order valence-corrected chi connectivity index (χ1v) is 8.55. The number of sulfonamides is 1. The molecule has 0 radical (unpaired) electrons. The van der Waals surface area contributed by atoms with Gasteiger partial charge in [-0.05, 0) is 50.6 Å². The molecule has 6 heteroatoms. The molecule has 0 aliphatic carbocycles. The third kappa shape index (κ3) is 3.05. The van der Waals surface area contributed by atoms with Crippen LogP contribution in [0.4, 0.5) is 0 Å². The number of rotatable bonds is 4. The first-order chi connectivity index (χ1) is 9.68. The van der Waals surface area contributed by atoms with E-state index in [0.29, 0.717) is 10.7 Å². The van der Waals surface area contributed by atoms with E-state index in [1.807, 2.05) is 20.8 Å². The molecule has 21 heavy (non-hydrogen) atoms. The molecule has 1 heterocycles. The largest absolute Gasteiger partial charge is 0.243 e. The Bertz CT molecular complexity index is 772. The Balaban J connectivity index is 2.53. The van der Waals surface area contributed by atoms with Crippen molar-refractivity contribution in [1.82, 2.24) is 9.29 Å².